The quantitative estimate of drug-likeness (QED) is 0.352. The Labute approximate surface area is 204 Å². The third-order valence-corrected chi connectivity index (χ3v) is 6.21. The molecule has 9 nitrogen and oxygen atoms in total. The summed E-state index contributed by atoms with van der Waals surface area (Å²) in [5, 5.41) is 18.1. The van der Waals surface area contributed by atoms with Gasteiger partial charge in [0.1, 0.15) is 0 Å². The van der Waals surface area contributed by atoms with Gasteiger partial charge in [0.25, 0.3) is 5.91 Å². The summed E-state index contributed by atoms with van der Waals surface area (Å²) in [5.74, 6) is 1.59. The van der Waals surface area contributed by atoms with Crippen LogP contribution in [-0.4, -0.2) is 47.0 Å². The van der Waals surface area contributed by atoms with Crippen LogP contribution < -0.4 is 19.5 Å². The topological polar surface area (TPSA) is 99.9 Å². The van der Waals surface area contributed by atoms with Crippen LogP contribution in [0.4, 0.5) is 5.69 Å². The number of ether oxygens (including phenoxy) is 3. The Morgan fingerprint density at radius 1 is 0.914 bits per heavy atom. The van der Waals surface area contributed by atoms with Crippen LogP contribution >= 0.6 is 11.3 Å². The molecule has 0 saturated heterocycles. The van der Waals surface area contributed by atoms with E-state index in [1.54, 1.807) is 28.0 Å². The van der Waals surface area contributed by atoms with E-state index in [0.29, 0.717) is 40.0 Å². The van der Waals surface area contributed by atoms with E-state index >= 15 is 0 Å². The van der Waals surface area contributed by atoms with E-state index < -0.39 is 0 Å². The lowest BCUT2D eigenvalue weighted by atomic mass is 10.1. The molecule has 5 aromatic rings. The highest BCUT2D eigenvalue weighted by molar-refractivity contribution is 7.13. The second-order valence-corrected chi connectivity index (χ2v) is 8.39. The van der Waals surface area contributed by atoms with Gasteiger partial charge in [0.05, 0.1) is 31.9 Å². The first kappa shape index (κ1) is 22.4. The second-order valence-electron chi connectivity index (χ2n) is 7.44. The molecule has 35 heavy (non-hydrogen) atoms. The summed E-state index contributed by atoms with van der Waals surface area (Å²) >= 11 is 1.58. The molecule has 0 spiro atoms. The van der Waals surface area contributed by atoms with Crippen molar-refractivity contribution in [3.8, 4) is 39.2 Å². The van der Waals surface area contributed by atoms with Gasteiger partial charge in [-0.25, -0.2) is 0 Å². The minimum atomic E-state index is -0.316. The number of nitrogens with one attached hydrogen (secondary N) is 1. The van der Waals surface area contributed by atoms with Crippen LogP contribution in [0.3, 0.4) is 0 Å². The van der Waals surface area contributed by atoms with Crippen LogP contribution in [0, 0.1) is 0 Å². The molecule has 3 heterocycles. The monoisotopic (exact) mass is 487 g/mol. The Morgan fingerprint density at radius 3 is 2.40 bits per heavy atom. The number of hydrogen-bond donors (Lipinski definition) is 1. The molecule has 0 fully saturated rings. The van der Waals surface area contributed by atoms with Crippen LogP contribution in [0.15, 0.2) is 66.0 Å². The summed E-state index contributed by atoms with van der Waals surface area (Å²) in [6.07, 6.45) is 0. The van der Waals surface area contributed by atoms with Crippen molar-refractivity contribution in [2.45, 2.75) is 0 Å². The molecule has 10 heteroatoms. The molecule has 0 aliphatic heterocycles. The predicted octanol–water partition coefficient (Wildman–Crippen LogP) is 4.80. The SMILES string of the molecule is COc1cc(C(=O)Nc2cccc(-c3ccc4nnc(-c5cccs5)n4n3)c2)cc(OC)c1OC. The van der Waals surface area contributed by atoms with Crippen LogP contribution in [0.1, 0.15) is 10.4 Å². The Kier molecular flexibility index (Phi) is 6.02. The summed E-state index contributed by atoms with van der Waals surface area (Å²) in [5.41, 5.74) is 3.20. The molecule has 176 valence electrons. The van der Waals surface area contributed by atoms with Crippen LogP contribution in [0.5, 0.6) is 17.2 Å². The lowest BCUT2D eigenvalue weighted by molar-refractivity contribution is 0.102. The number of carbonyl (C=O) groups excluding carboxylic acids is 1. The number of carbonyl (C=O) groups is 1. The van der Waals surface area contributed by atoms with Gasteiger partial charge in [-0.2, -0.15) is 9.61 Å². The molecular formula is C25H21N5O4S. The zero-order valence-corrected chi connectivity index (χ0v) is 20.0. The molecule has 0 aliphatic rings. The van der Waals surface area contributed by atoms with Gasteiger partial charge in [-0.1, -0.05) is 18.2 Å². The molecule has 0 atom stereocenters. The molecule has 0 aliphatic carbocycles. The van der Waals surface area contributed by atoms with Gasteiger partial charge in [0.2, 0.25) is 5.75 Å². The first-order valence-electron chi connectivity index (χ1n) is 10.6. The maximum atomic E-state index is 13.0. The van der Waals surface area contributed by atoms with Gasteiger partial charge in [-0.15, -0.1) is 21.5 Å². The molecular weight excluding hydrogens is 466 g/mol. The Bertz CT molecular complexity index is 1490. The largest absolute Gasteiger partial charge is 0.493 e. The van der Waals surface area contributed by atoms with E-state index in [1.807, 2.05) is 53.9 Å². The highest BCUT2D eigenvalue weighted by atomic mass is 32.1. The molecule has 2 aromatic carbocycles. The fourth-order valence-corrected chi connectivity index (χ4v) is 4.37. The van der Waals surface area contributed by atoms with Crippen molar-refractivity contribution >= 4 is 28.6 Å². The third-order valence-electron chi connectivity index (χ3n) is 5.35. The summed E-state index contributed by atoms with van der Waals surface area (Å²) in [4.78, 5) is 14.0. The Hall–Kier alpha value is -4.44. The van der Waals surface area contributed by atoms with Crippen molar-refractivity contribution in [3.63, 3.8) is 0 Å². The molecule has 5 rings (SSSR count). The normalized spacial score (nSPS) is 10.8. The first-order valence-corrected chi connectivity index (χ1v) is 11.5. The summed E-state index contributed by atoms with van der Waals surface area (Å²) in [7, 11) is 4.53. The fraction of sp³-hybridized carbons (Fsp3) is 0.120. The van der Waals surface area contributed by atoms with E-state index in [1.165, 1.54) is 21.3 Å². The third kappa shape index (κ3) is 4.26. The molecule has 3 aromatic heterocycles. The molecule has 0 bridgehead atoms. The average Bonchev–Trinajstić information content (AvgIpc) is 3.57. The minimum absolute atomic E-state index is 0.316. The lowest BCUT2D eigenvalue weighted by Crippen LogP contribution is -2.12. The van der Waals surface area contributed by atoms with Gasteiger partial charge in [0, 0.05) is 16.8 Å². The maximum absolute atomic E-state index is 13.0. The Balaban J connectivity index is 1.44. The number of methoxy groups -OCH3 is 3. The smallest absolute Gasteiger partial charge is 0.255 e. The summed E-state index contributed by atoms with van der Waals surface area (Å²) in [6, 6.07) is 18.4. The van der Waals surface area contributed by atoms with E-state index in [-0.39, 0.29) is 5.91 Å². The van der Waals surface area contributed by atoms with Gasteiger partial charge in [-0.3, -0.25) is 4.79 Å². The number of rotatable bonds is 7. The summed E-state index contributed by atoms with van der Waals surface area (Å²) in [6.45, 7) is 0. The molecule has 1 amide bonds. The van der Waals surface area contributed by atoms with Crippen molar-refractivity contribution in [1.29, 1.82) is 0 Å². The number of fused-ring (bicyclic) bond motifs is 1. The number of hydrogen-bond acceptors (Lipinski definition) is 8. The number of aromatic nitrogens is 4. The Morgan fingerprint density at radius 2 is 1.71 bits per heavy atom. The fourth-order valence-electron chi connectivity index (χ4n) is 3.67. The number of benzene rings is 2. The lowest BCUT2D eigenvalue weighted by Gasteiger charge is -2.14. The maximum Gasteiger partial charge on any atom is 0.255 e. The summed E-state index contributed by atoms with van der Waals surface area (Å²) < 4.78 is 17.8. The van der Waals surface area contributed by atoms with Crippen LogP contribution in [0.25, 0.3) is 27.6 Å². The standard InChI is InChI=1S/C25H21N5O4S/c1-32-19-13-16(14-20(33-2)23(19)34-3)25(31)26-17-7-4-6-15(12-17)18-9-10-22-27-28-24(30(22)29-18)21-8-5-11-35-21/h4-14H,1-3H3,(H,26,31). The predicted molar refractivity (Wildman–Crippen MR) is 134 cm³/mol. The number of anilines is 1. The zero-order chi connectivity index (χ0) is 24.4. The van der Waals surface area contributed by atoms with E-state index in [0.717, 1.165) is 16.1 Å². The highest BCUT2D eigenvalue weighted by Crippen LogP contribution is 2.38. The van der Waals surface area contributed by atoms with Gasteiger partial charge >= 0.3 is 0 Å². The van der Waals surface area contributed by atoms with Crippen LogP contribution in [-0.2, 0) is 0 Å². The van der Waals surface area contributed by atoms with Gasteiger partial charge in [-0.05, 0) is 47.8 Å². The highest BCUT2D eigenvalue weighted by Gasteiger charge is 2.18. The van der Waals surface area contributed by atoms with E-state index in [9.17, 15) is 4.79 Å². The second kappa shape index (κ2) is 9.43. The van der Waals surface area contributed by atoms with Crippen molar-refractivity contribution in [2.75, 3.05) is 26.6 Å². The van der Waals surface area contributed by atoms with Crippen molar-refractivity contribution in [1.82, 2.24) is 19.8 Å². The zero-order valence-electron chi connectivity index (χ0n) is 19.2. The van der Waals surface area contributed by atoms with Crippen molar-refractivity contribution in [3.05, 3.63) is 71.6 Å². The number of thiophene rings is 1. The number of amides is 1. The van der Waals surface area contributed by atoms with Crippen LogP contribution in [0.2, 0.25) is 0 Å². The molecule has 1 N–H and O–H groups in total. The number of nitrogens with zero attached hydrogens (tertiary/aromatic N) is 4. The average molecular weight is 488 g/mol. The molecule has 0 unspecified atom stereocenters. The van der Waals surface area contributed by atoms with E-state index in [2.05, 4.69) is 15.5 Å². The van der Waals surface area contributed by atoms with Gasteiger partial charge in [0.15, 0.2) is 23.0 Å². The van der Waals surface area contributed by atoms with E-state index in [4.69, 9.17) is 19.3 Å². The van der Waals surface area contributed by atoms with Gasteiger partial charge < -0.3 is 19.5 Å². The first-order chi connectivity index (χ1) is 17.1. The molecule has 0 saturated carbocycles. The minimum Gasteiger partial charge on any atom is -0.493 e. The van der Waals surface area contributed by atoms with Crippen molar-refractivity contribution in [2.24, 2.45) is 0 Å². The molecule has 0 radical (unpaired) electrons. The van der Waals surface area contributed by atoms with Crippen molar-refractivity contribution < 1.29 is 19.0 Å².